The molecule has 2 heterocycles. The van der Waals surface area contributed by atoms with E-state index >= 15 is 0 Å². The van der Waals surface area contributed by atoms with Crippen molar-refractivity contribution in [2.75, 3.05) is 0 Å². The van der Waals surface area contributed by atoms with Crippen LogP contribution >= 0.6 is 0 Å². The van der Waals surface area contributed by atoms with Crippen molar-refractivity contribution in [3.8, 4) is 6.07 Å². The molecule has 0 radical (unpaired) electrons. The van der Waals surface area contributed by atoms with Crippen LogP contribution in [-0.2, 0) is 19.3 Å². The van der Waals surface area contributed by atoms with Gasteiger partial charge in [0.1, 0.15) is 0 Å². The molecule has 0 unspecified atom stereocenters. The lowest BCUT2D eigenvalue weighted by atomic mass is 10.1. The Kier molecular flexibility index (Phi) is 3.47. The summed E-state index contributed by atoms with van der Waals surface area (Å²) in [6.07, 6.45) is 6.05. The number of hydrogen-bond donors (Lipinski definition) is 0. The number of aromatic nitrogens is 2. The molecular weight excluding hydrogens is 246 g/mol. The van der Waals surface area contributed by atoms with Gasteiger partial charge in [-0.15, -0.1) is 0 Å². The SMILES string of the molecule is N#CCc1ccc2c(CCc3ccccc3)nccn12. The molecule has 0 spiro atoms. The van der Waals surface area contributed by atoms with Gasteiger partial charge in [0.15, 0.2) is 0 Å². The minimum atomic E-state index is 0.427. The van der Waals surface area contributed by atoms with Crippen LogP contribution < -0.4 is 0 Å². The van der Waals surface area contributed by atoms with E-state index in [4.69, 9.17) is 5.26 Å². The van der Waals surface area contributed by atoms with Crippen LogP contribution in [0.2, 0.25) is 0 Å². The Balaban J connectivity index is 1.87. The smallest absolute Gasteiger partial charge is 0.0758 e. The van der Waals surface area contributed by atoms with Crippen LogP contribution in [0.1, 0.15) is 17.0 Å². The summed E-state index contributed by atoms with van der Waals surface area (Å²) in [4.78, 5) is 4.49. The Hall–Kier alpha value is -2.60. The van der Waals surface area contributed by atoms with Crippen molar-refractivity contribution in [3.63, 3.8) is 0 Å². The molecule has 0 atom stereocenters. The molecule has 3 nitrogen and oxygen atoms in total. The van der Waals surface area contributed by atoms with Gasteiger partial charge in [0, 0.05) is 18.1 Å². The Labute approximate surface area is 118 Å². The second-order valence-corrected chi connectivity index (χ2v) is 4.77. The first kappa shape index (κ1) is 12.4. The maximum Gasteiger partial charge on any atom is 0.0758 e. The predicted molar refractivity (Wildman–Crippen MR) is 78.4 cm³/mol. The van der Waals surface area contributed by atoms with E-state index in [1.165, 1.54) is 5.56 Å². The van der Waals surface area contributed by atoms with Gasteiger partial charge in [-0.3, -0.25) is 4.98 Å². The van der Waals surface area contributed by atoms with Gasteiger partial charge in [0.2, 0.25) is 0 Å². The maximum atomic E-state index is 8.84. The number of hydrogen-bond acceptors (Lipinski definition) is 2. The Morgan fingerprint density at radius 2 is 1.90 bits per heavy atom. The zero-order chi connectivity index (χ0) is 13.8. The second kappa shape index (κ2) is 5.58. The van der Waals surface area contributed by atoms with Gasteiger partial charge >= 0.3 is 0 Å². The molecule has 0 bridgehead atoms. The third-order valence-electron chi connectivity index (χ3n) is 3.50. The molecule has 0 aliphatic heterocycles. The van der Waals surface area contributed by atoms with Gasteiger partial charge in [-0.25, -0.2) is 0 Å². The molecule has 0 fully saturated rings. The number of benzene rings is 1. The molecule has 98 valence electrons. The van der Waals surface area contributed by atoms with Crippen LogP contribution in [0.4, 0.5) is 0 Å². The van der Waals surface area contributed by atoms with Gasteiger partial charge in [-0.2, -0.15) is 5.26 Å². The summed E-state index contributed by atoms with van der Waals surface area (Å²) in [5.41, 5.74) is 4.53. The minimum absolute atomic E-state index is 0.427. The number of rotatable bonds is 4. The van der Waals surface area contributed by atoms with Crippen molar-refractivity contribution >= 4 is 5.52 Å². The van der Waals surface area contributed by atoms with Gasteiger partial charge < -0.3 is 4.40 Å². The van der Waals surface area contributed by atoms with Crippen LogP contribution in [0.3, 0.4) is 0 Å². The molecule has 0 saturated carbocycles. The molecule has 1 aromatic carbocycles. The Morgan fingerprint density at radius 1 is 1.05 bits per heavy atom. The summed E-state index contributed by atoms with van der Waals surface area (Å²) in [6, 6.07) is 16.7. The number of nitriles is 1. The third-order valence-corrected chi connectivity index (χ3v) is 3.50. The van der Waals surface area contributed by atoms with Gasteiger partial charge in [-0.05, 0) is 30.5 Å². The van der Waals surface area contributed by atoms with E-state index in [2.05, 4.69) is 45.8 Å². The molecule has 0 N–H and O–H groups in total. The van der Waals surface area contributed by atoms with Crippen LogP contribution in [0.15, 0.2) is 54.9 Å². The quantitative estimate of drug-likeness (QED) is 0.723. The summed E-state index contributed by atoms with van der Waals surface area (Å²) in [6.45, 7) is 0. The second-order valence-electron chi connectivity index (χ2n) is 4.77. The molecule has 0 amide bonds. The van der Waals surface area contributed by atoms with E-state index in [9.17, 15) is 0 Å². The highest BCUT2D eigenvalue weighted by atomic mass is 14.9. The maximum absolute atomic E-state index is 8.84. The predicted octanol–water partition coefficient (Wildman–Crippen LogP) is 3.19. The molecule has 0 saturated heterocycles. The summed E-state index contributed by atoms with van der Waals surface area (Å²) in [7, 11) is 0. The first-order valence-corrected chi connectivity index (χ1v) is 6.73. The Bertz CT molecular complexity index is 751. The van der Waals surface area contributed by atoms with Crippen LogP contribution in [0, 0.1) is 11.3 Å². The third kappa shape index (κ3) is 2.41. The minimum Gasteiger partial charge on any atom is -0.317 e. The van der Waals surface area contributed by atoms with E-state index in [0.717, 1.165) is 29.7 Å². The first-order chi connectivity index (χ1) is 9.88. The summed E-state index contributed by atoms with van der Waals surface area (Å²) >= 11 is 0. The molecule has 0 aliphatic rings. The summed E-state index contributed by atoms with van der Waals surface area (Å²) in [5.74, 6) is 0. The molecule has 20 heavy (non-hydrogen) atoms. The highest BCUT2D eigenvalue weighted by molar-refractivity contribution is 5.54. The number of fused-ring (bicyclic) bond motifs is 1. The van der Waals surface area contributed by atoms with Crippen molar-refractivity contribution < 1.29 is 0 Å². The fraction of sp³-hybridized carbons (Fsp3) is 0.176. The van der Waals surface area contributed by atoms with Crippen molar-refractivity contribution in [1.29, 1.82) is 5.26 Å². The normalized spacial score (nSPS) is 10.6. The Morgan fingerprint density at radius 3 is 2.70 bits per heavy atom. The topological polar surface area (TPSA) is 41.1 Å². The standard InChI is InChI=1S/C17H15N3/c18-11-10-15-7-9-17-16(19-12-13-20(15)17)8-6-14-4-2-1-3-5-14/h1-5,7,9,12-13H,6,8,10H2. The molecule has 3 heteroatoms. The van der Waals surface area contributed by atoms with Crippen LogP contribution in [-0.4, -0.2) is 9.38 Å². The molecule has 3 rings (SSSR count). The largest absolute Gasteiger partial charge is 0.317 e. The lowest BCUT2D eigenvalue weighted by Gasteiger charge is -2.05. The van der Waals surface area contributed by atoms with E-state index in [1.807, 2.05) is 24.5 Å². The fourth-order valence-corrected chi connectivity index (χ4v) is 2.48. The summed E-state index contributed by atoms with van der Waals surface area (Å²) in [5, 5.41) is 8.84. The van der Waals surface area contributed by atoms with Gasteiger partial charge in [-0.1, -0.05) is 30.3 Å². The zero-order valence-electron chi connectivity index (χ0n) is 11.2. The number of aryl methyl sites for hydroxylation is 2. The van der Waals surface area contributed by atoms with E-state index < -0.39 is 0 Å². The average Bonchev–Trinajstić information content (AvgIpc) is 2.91. The lowest BCUT2D eigenvalue weighted by molar-refractivity contribution is 0.900. The molecule has 0 aliphatic carbocycles. The van der Waals surface area contributed by atoms with E-state index in [0.29, 0.717) is 6.42 Å². The highest BCUT2D eigenvalue weighted by Crippen LogP contribution is 2.15. The van der Waals surface area contributed by atoms with Gasteiger partial charge in [0.25, 0.3) is 0 Å². The summed E-state index contributed by atoms with van der Waals surface area (Å²) < 4.78 is 2.07. The van der Waals surface area contributed by atoms with Crippen molar-refractivity contribution in [2.45, 2.75) is 19.3 Å². The monoisotopic (exact) mass is 261 g/mol. The average molecular weight is 261 g/mol. The first-order valence-electron chi connectivity index (χ1n) is 6.73. The van der Waals surface area contributed by atoms with E-state index in [1.54, 1.807) is 0 Å². The lowest BCUT2D eigenvalue weighted by Crippen LogP contribution is -1.99. The molecule has 2 aromatic heterocycles. The van der Waals surface area contributed by atoms with Crippen molar-refractivity contribution in [1.82, 2.24) is 9.38 Å². The molecule has 3 aromatic rings. The van der Waals surface area contributed by atoms with Crippen LogP contribution in [0.5, 0.6) is 0 Å². The van der Waals surface area contributed by atoms with Crippen LogP contribution in [0.25, 0.3) is 5.52 Å². The van der Waals surface area contributed by atoms with Crippen molar-refractivity contribution in [3.05, 3.63) is 71.8 Å². The molecular formula is C17H15N3. The highest BCUT2D eigenvalue weighted by Gasteiger charge is 2.06. The van der Waals surface area contributed by atoms with Gasteiger partial charge in [0.05, 0.1) is 23.7 Å². The number of nitrogens with zero attached hydrogens (tertiary/aromatic N) is 3. The zero-order valence-corrected chi connectivity index (χ0v) is 11.2. The van der Waals surface area contributed by atoms with Crippen molar-refractivity contribution in [2.24, 2.45) is 0 Å². The fourth-order valence-electron chi connectivity index (χ4n) is 2.48. The van der Waals surface area contributed by atoms with E-state index in [-0.39, 0.29) is 0 Å².